The molecule has 142 valence electrons. The average molecular weight is 387 g/mol. The molecular formula is C18H21N5O3S. The highest BCUT2D eigenvalue weighted by Gasteiger charge is 2.44. The van der Waals surface area contributed by atoms with E-state index < -0.39 is 24.5 Å². The van der Waals surface area contributed by atoms with Crippen LogP contribution in [0, 0.1) is 13.8 Å². The molecule has 0 saturated carbocycles. The molecule has 2 aromatic heterocycles. The van der Waals surface area contributed by atoms with Crippen molar-refractivity contribution < 1.29 is 14.9 Å². The van der Waals surface area contributed by atoms with Crippen molar-refractivity contribution in [3.8, 4) is 0 Å². The molecule has 0 aliphatic carbocycles. The van der Waals surface area contributed by atoms with Crippen LogP contribution in [0.15, 0.2) is 35.7 Å². The summed E-state index contributed by atoms with van der Waals surface area (Å²) >= 11 is 1.59. The zero-order valence-corrected chi connectivity index (χ0v) is 15.8. The summed E-state index contributed by atoms with van der Waals surface area (Å²) in [5.74, 6) is 0.773. The van der Waals surface area contributed by atoms with Crippen LogP contribution in [0.25, 0.3) is 11.2 Å². The number of rotatable bonds is 4. The second kappa shape index (κ2) is 7.08. The van der Waals surface area contributed by atoms with Gasteiger partial charge >= 0.3 is 0 Å². The molecule has 1 saturated heterocycles. The summed E-state index contributed by atoms with van der Waals surface area (Å²) < 4.78 is 7.55. The lowest BCUT2D eigenvalue weighted by atomic mass is 10.1. The number of benzene rings is 1. The summed E-state index contributed by atoms with van der Waals surface area (Å²) in [6.45, 7) is 4.10. The molecule has 3 aromatic rings. The standard InChI is InChI=1S/C18H21N5O3S/c1-9-3-10(2)5-11(4-9)27-6-12-14(24)15(25)18(26-12)23-8-22-13-16(19)20-7-21-17(13)23/h3-5,7-8,12,14-15,18,24-25H,6H2,1-2H3,(H2,19,20,21)/t12-,14-,15-,18-/m1/s1. The number of aryl methyl sites for hydroxylation is 2. The van der Waals surface area contributed by atoms with Crippen LogP contribution >= 0.6 is 11.8 Å². The number of ether oxygens (including phenoxy) is 1. The van der Waals surface area contributed by atoms with Gasteiger partial charge in [-0.1, -0.05) is 6.07 Å². The van der Waals surface area contributed by atoms with Gasteiger partial charge in [-0.2, -0.15) is 0 Å². The van der Waals surface area contributed by atoms with Crippen LogP contribution in [-0.4, -0.2) is 53.8 Å². The highest BCUT2D eigenvalue weighted by Crippen LogP contribution is 2.34. The molecular weight excluding hydrogens is 366 g/mol. The van der Waals surface area contributed by atoms with Gasteiger partial charge in [0, 0.05) is 10.6 Å². The van der Waals surface area contributed by atoms with E-state index >= 15 is 0 Å². The molecule has 0 radical (unpaired) electrons. The highest BCUT2D eigenvalue weighted by atomic mass is 32.2. The average Bonchev–Trinajstić information content (AvgIpc) is 3.16. The minimum Gasteiger partial charge on any atom is -0.387 e. The van der Waals surface area contributed by atoms with Gasteiger partial charge in [0.15, 0.2) is 17.7 Å². The monoisotopic (exact) mass is 387 g/mol. The summed E-state index contributed by atoms with van der Waals surface area (Å²) in [5.41, 5.74) is 9.08. The first-order chi connectivity index (χ1) is 12.9. The Hall–Kier alpha value is -2.20. The molecule has 0 bridgehead atoms. The zero-order valence-electron chi connectivity index (χ0n) is 15.0. The minimum atomic E-state index is -1.09. The first kappa shape index (κ1) is 18.2. The third-order valence-corrected chi connectivity index (χ3v) is 5.67. The fraction of sp³-hybridized carbons (Fsp3) is 0.389. The van der Waals surface area contributed by atoms with E-state index in [4.69, 9.17) is 10.5 Å². The smallest absolute Gasteiger partial charge is 0.167 e. The molecule has 8 nitrogen and oxygen atoms in total. The Kier molecular flexibility index (Phi) is 4.77. The maximum Gasteiger partial charge on any atom is 0.167 e. The van der Waals surface area contributed by atoms with E-state index in [0.29, 0.717) is 16.9 Å². The van der Waals surface area contributed by atoms with Crippen LogP contribution in [0.1, 0.15) is 17.4 Å². The van der Waals surface area contributed by atoms with E-state index in [1.165, 1.54) is 23.8 Å². The number of aliphatic hydroxyl groups excluding tert-OH is 2. The number of hydrogen-bond acceptors (Lipinski definition) is 8. The minimum absolute atomic E-state index is 0.258. The van der Waals surface area contributed by atoms with Crippen molar-refractivity contribution >= 4 is 28.7 Å². The Morgan fingerprint density at radius 3 is 2.59 bits per heavy atom. The third-order valence-electron chi connectivity index (χ3n) is 4.61. The lowest BCUT2D eigenvalue weighted by Gasteiger charge is -2.16. The number of fused-ring (bicyclic) bond motifs is 1. The van der Waals surface area contributed by atoms with Crippen molar-refractivity contribution in [3.05, 3.63) is 42.0 Å². The van der Waals surface area contributed by atoms with Crippen molar-refractivity contribution in [3.63, 3.8) is 0 Å². The van der Waals surface area contributed by atoms with E-state index in [1.54, 1.807) is 16.3 Å². The van der Waals surface area contributed by atoms with Gasteiger partial charge in [0.25, 0.3) is 0 Å². The maximum atomic E-state index is 10.5. The fourth-order valence-electron chi connectivity index (χ4n) is 3.35. The van der Waals surface area contributed by atoms with Crippen LogP contribution < -0.4 is 5.73 Å². The number of thioether (sulfide) groups is 1. The topological polar surface area (TPSA) is 119 Å². The molecule has 0 unspecified atom stereocenters. The van der Waals surface area contributed by atoms with Gasteiger partial charge in [-0.05, 0) is 37.1 Å². The maximum absolute atomic E-state index is 10.5. The van der Waals surface area contributed by atoms with Gasteiger partial charge in [-0.3, -0.25) is 4.57 Å². The summed E-state index contributed by atoms with van der Waals surface area (Å²) in [7, 11) is 0. The SMILES string of the molecule is Cc1cc(C)cc(SC[C@H]2O[C@@H](n3cnc4c(N)ncnc43)[C@H](O)[C@@H]2O)c1. The lowest BCUT2D eigenvalue weighted by Crippen LogP contribution is -2.32. The van der Waals surface area contributed by atoms with Crippen LogP contribution in [0.5, 0.6) is 0 Å². The second-order valence-electron chi connectivity index (χ2n) is 6.76. The van der Waals surface area contributed by atoms with E-state index in [1.807, 2.05) is 0 Å². The van der Waals surface area contributed by atoms with Gasteiger partial charge in [-0.15, -0.1) is 11.8 Å². The first-order valence-corrected chi connectivity index (χ1v) is 9.58. The molecule has 4 rings (SSSR count). The Morgan fingerprint density at radius 1 is 1.11 bits per heavy atom. The second-order valence-corrected chi connectivity index (χ2v) is 7.86. The van der Waals surface area contributed by atoms with Crippen LogP contribution in [0.4, 0.5) is 5.82 Å². The van der Waals surface area contributed by atoms with E-state index in [2.05, 4.69) is 47.0 Å². The van der Waals surface area contributed by atoms with E-state index in [0.717, 1.165) is 4.90 Å². The predicted molar refractivity (Wildman–Crippen MR) is 102 cm³/mol. The quantitative estimate of drug-likeness (QED) is 0.575. The van der Waals surface area contributed by atoms with Crippen molar-refractivity contribution in [1.29, 1.82) is 0 Å². The third kappa shape index (κ3) is 3.39. The molecule has 1 aliphatic rings. The van der Waals surface area contributed by atoms with E-state index in [9.17, 15) is 10.2 Å². The number of nitrogen functional groups attached to an aromatic ring is 1. The summed E-state index contributed by atoms with van der Waals surface area (Å²) in [6, 6.07) is 6.30. The Labute approximate surface area is 160 Å². The molecule has 1 aromatic carbocycles. The number of hydrogen-bond donors (Lipinski definition) is 3. The van der Waals surface area contributed by atoms with Gasteiger partial charge in [0.2, 0.25) is 0 Å². The molecule has 0 amide bonds. The van der Waals surface area contributed by atoms with Crippen molar-refractivity contribution in [1.82, 2.24) is 19.5 Å². The Morgan fingerprint density at radius 2 is 1.85 bits per heavy atom. The largest absolute Gasteiger partial charge is 0.387 e. The molecule has 4 atom stereocenters. The molecule has 1 fully saturated rings. The van der Waals surface area contributed by atoms with Crippen LogP contribution in [0.2, 0.25) is 0 Å². The summed E-state index contributed by atoms with van der Waals surface area (Å²) in [6.07, 6.45) is -0.582. The van der Waals surface area contributed by atoms with Crippen molar-refractivity contribution in [2.75, 3.05) is 11.5 Å². The molecule has 27 heavy (non-hydrogen) atoms. The highest BCUT2D eigenvalue weighted by molar-refractivity contribution is 7.99. The van der Waals surface area contributed by atoms with Gasteiger partial charge < -0.3 is 20.7 Å². The molecule has 0 spiro atoms. The number of anilines is 1. The lowest BCUT2D eigenvalue weighted by molar-refractivity contribution is -0.0289. The Bertz CT molecular complexity index is 959. The molecule has 1 aliphatic heterocycles. The summed E-state index contributed by atoms with van der Waals surface area (Å²) in [4.78, 5) is 13.4. The Balaban J connectivity index is 1.53. The van der Waals surface area contributed by atoms with Gasteiger partial charge in [0.1, 0.15) is 24.1 Å². The number of nitrogens with two attached hydrogens (primary N) is 1. The summed E-state index contributed by atoms with van der Waals surface area (Å²) in [5, 5.41) is 21.0. The fourth-order valence-corrected chi connectivity index (χ4v) is 4.52. The van der Waals surface area contributed by atoms with Crippen LogP contribution in [0.3, 0.4) is 0 Å². The number of aliphatic hydroxyl groups is 2. The van der Waals surface area contributed by atoms with E-state index in [-0.39, 0.29) is 5.82 Å². The normalized spacial score (nSPS) is 25.3. The number of aromatic nitrogens is 4. The predicted octanol–water partition coefficient (Wildman–Crippen LogP) is 1.44. The number of nitrogens with zero attached hydrogens (tertiary/aromatic N) is 4. The van der Waals surface area contributed by atoms with Gasteiger partial charge in [0.05, 0.1) is 12.4 Å². The van der Waals surface area contributed by atoms with Crippen molar-refractivity contribution in [2.45, 2.75) is 43.3 Å². The zero-order chi connectivity index (χ0) is 19.1. The van der Waals surface area contributed by atoms with Crippen molar-refractivity contribution in [2.24, 2.45) is 0 Å². The molecule has 4 N–H and O–H groups in total. The van der Waals surface area contributed by atoms with Gasteiger partial charge in [-0.25, -0.2) is 15.0 Å². The van der Waals surface area contributed by atoms with Crippen LogP contribution in [-0.2, 0) is 4.74 Å². The first-order valence-electron chi connectivity index (χ1n) is 8.59. The molecule has 9 heteroatoms. The molecule has 3 heterocycles. The number of imidazole rings is 1.